The van der Waals surface area contributed by atoms with E-state index in [2.05, 4.69) is 15.5 Å². The minimum atomic E-state index is -0.0586. The Balaban J connectivity index is 1.36. The Hall–Kier alpha value is -2.80. The van der Waals surface area contributed by atoms with Gasteiger partial charge in [0.25, 0.3) is 0 Å². The van der Waals surface area contributed by atoms with Crippen molar-refractivity contribution in [2.75, 3.05) is 11.1 Å². The largest absolute Gasteiger partial charge is 0.490 e. The smallest absolute Gasteiger partial charge is 0.234 e. The summed E-state index contributed by atoms with van der Waals surface area (Å²) in [5.74, 6) is 1.88. The number of hydrogen-bond donors (Lipinski definition) is 1. The van der Waals surface area contributed by atoms with Crippen LogP contribution in [0.5, 0.6) is 5.75 Å². The highest BCUT2D eigenvalue weighted by molar-refractivity contribution is 7.99. The molecule has 0 spiro atoms. The number of anilines is 1. The number of nitrogens with zero attached hydrogens (tertiary/aromatic N) is 3. The maximum atomic E-state index is 12.4. The molecule has 1 aliphatic carbocycles. The third-order valence-electron chi connectivity index (χ3n) is 5.76. The Kier molecular flexibility index (Phi) is 6.61. The Morgan fingerprint density at radius 1 is 1.13 bits per heavy atom. The van der Waals surface area contributed by atoms with Crippen molar-refractivity contribution in [3.8, 4) is 17.1 Å². The van der Waals surface area contributed by atoms with Crippen LogP contribution in [0.2, 0.25) is 0 Å². The number of carbonyl (C=O) groups is 1. The third-order valence-corrected chi connectivity index (χ3v) is 6.78. The van der Waals surface area contributed by atoms with Gasteiger partial charge in [-0.15, -0.1) is 10.2 Å². The van der Waals surface area contributed by atoms with Gasteiger partial charge in [-0.3, -0.25) is 4.79 Å². The monoisotopic (exact) mass is 436 g/mol. The molecule has 1 aliphatic rings. The van der Waals surface area contributed by atoms with Crippen molar-refractivity contribution in [3.63, 3.8) is 0 Å². The van der Waals surface area contributed by atoms with Gasteiger partial charge < -0.3 is 14.6 Å². The molecule has 1 amide bonds. The fourth-order valence-corrected chi connectivity index (χ4v) is 4.49. The van der Waals surface area contributed by atoms with E-state index in [1.807, 2.05) is 67.9 Å². The zero-order valence-electron chi connectivity index (χ0n) is 18.2. The van der Waals surface area contributed by atoms with Gasteiger partial charge >= 0.3 is 0 Å². The molecular weight excluding hydrogens is 408 g/mol. The molecule has 31 heavy (non-hydrogen) atoms. The van der Waals surface area contributed by atoms with Crippen LogP contribution < -0.4 is 10.1 Å². The number of aromatic nitrogens is 3. The second kappa shape index (κ2) is 9.56. The first-order chi connectivity index (χ1) is 15.0. The first-order valence-electron chi connectivity index (χ1n) is 10.7. The number of aryl methyl sites for hydroxylation is 1. The van der Waals surface area contributed by atoms with Crippen LogP contribution in [0.15, 0.2) is 47.6 Å². The number of nitrogens with one attached hydrogen (secondary N) is 1. The molecule has 1 saturated carbocycles. The van der Waals surface area contributed by atoms with Crippen molar-refractivity contribution >= 4 is 23.4 Å². The lowest BCUT2D eigenvalue weighted by Gasteiger charge is -2.13. The summed E-state index contributed by atoms with van der Waals surface area (Å²) >= 11 is 1.38. The molecule has 0 atom stereocenters. The molecule has 1 N–H and O–H groups in total. The van der Waals surface area contributed by atoms with Crippen molar-refractivity contribution < 1.29 is 9.53 Å². The Morgan fingerprint density at radius 3 is 2.61 bits per heavy atom. The maximum Gasteiger partial charge on any atom is 0.234 e. The molecule has 6 nitrogen and oxygen atoms in total. The lowest BCUT2D eigenvalue weighted by Crippen LogP contribution is -2.15. The van der Waals surface area contributed by atoms with Crippen molar-refractivity contribution in [2.24, 2.45) is 7.05 Å². The number of rotatable bonds is 7. The van der Waals surface area contributed by atoms with Gasteiger partial charge in [0, 0.05) is 18.3 Å². The van der Waals surface area contributed by atoms with Gasteiger partial charge in [0.1, 0.15) is 5.75 Å². The van der Waals surface area contributed by atoms with Crippen LogP contribution in [0.4, 0.5) is 5.69 Å². The molecule has 0 unspecified atom stereocenters. The molecule has 7 heteroatoms. The molecule has 0 bridgehead atoms. The molecule has 1 aromatic heterocycles. The molecular formula is C24H28N4O2S. The number of benzene rings is 2. The normalized spacial score (nSPS) is 14.0. The van der Waals surface area contributed by atoms with Crippen LogP contribution in [0.1, 0.15) is 36.8 Å². The van der Waals surface area contributed by atoms with Gasteiger partial charge in [0.15, 0.2) is 11.0 Å². The quantitative estimate of drug-likeness (QED) is 0.519. The van der Waals surface area contributed by atoms with Crippen molar-refractivity contribution in [2.45, 2.75) is 50.8 Å². The standard InChI is InChI=1S/C24H28N4O2S/c1-16-7-6-10-21(17(16)2)25-22(29)15-31-24-27-26-23(28(24)3)18-11-13-20(14-12-18)30-19-8-4-5-9-19/h6-7,10-14,19H,4-5,8-9,15H2,1-3H3,(H,25,29). The molecule has 0 saturated heterocycles. The van der Waals surface area contributed by atoms with E-state index in [1.54, 1.807) is 0 Å². The number of hydrogen-bond acceptors (Lipinski definition) is 5. The average Bonchev–Trinajstić information content (AvgIpc) is 3.40. The molecule has 1 fully saturated rings. The second-order valence-electron chi connectivity index (χ2n) is 8.00. The van der Waals surface area contributed by atoms with E-state index in [9.17, 15) is 4.79 Å². The van der Waals surface area contributed by atoms with Gasteiger partial charge in [-0.2, -0.15) is 0 Å². The van der Waals surface area contributed by atoms with E-state index in [-0.39, 0.29) is 11.7 Å². The summed E-state index contributed by atoms with van der Waals surface area (Å²) in [7, 11) is 1.92. The van der Waals surface area contributed by atoms with E-state index in [1.165, 1.54) is 24.6 Å². The Labute approximate surface area is 187 Å². The van der Waals surface area contributed by atoms with Gasteiger partial charge in [-0.05, 0) is 81.0 Å². The average molecular weight is 437 g/mol. The topological polar surface area (TPSA) is 69.0 Å². The number of carbonyl (C=O) groups excluding carboxylic acids is 1. The fraction of sp³-hybridized carbons (Fsp3) is 0.375. The fourth-order valence-electron chi connectivity index (χ4n) is 3.78. The van der Waals surface area contributed by atoms with Crippen LogP contribution in [-0.4, -0.2) is 32.5 Å². The van der Waals surface area contributed by atoms with Crippen molar-refractivity contribution in [3.05, 3.63) is 53.6 Å². The minimum absolute atomic E-state index is 0.0586. The summed E-state index contributed by atoms with van der Waals surface area (Å²) in [6, 6.07) is 13.9. The predicted molar refractivity (Wildman–Crippen MR) is 125 cm³/mol. The molecule has 4 rings (SSSR count). The highest BCUT2D eigenvalue weighted by Gasteiger charge is 2.17. The number of ether oxygens (including phenoxy) is 1. The molecule has 0 aliphatic heterocycles. The summed E-state index contributed by atoms with van der Waals surface area (Å²) in [6.45, 7) is 4.05. The first-order valence-corrected chi connectivity index (χ1v) is 11.6. The summed E-state index contributed by atoms with van der Waals surface area (Å²) in [5.41, 5.74) is 4.06. The van der Waals surface area contributed by atoms with E-state index in [0.29, 0.717) is 11.3 Å². The summed E-state index contributed by atoms with van der Waals surface area (Å²) in [5, 5.41) is 12.3. The molecule has 3 aromatic rings. The predicted octanol–water partition coefficient (Wildman–Crippen LogP) is 5.15. The zero-order chi connectivity index (χ0) is 21.8. The van der Waals surface area contributed by atoms with Crippen LogP contribution in [0, 0.1) is 13.8 Å². The third kappa shape index (κ3) is 5.10. The highest BCUT2D eigenvalue weighted by atomic mass is 32.2. The molecule has 1 heterocycles. The van der Waals surface area contributed by atoms with Crippen LogP contribution in [0.3, 0.4) is 0 Å². The van der Waals surface area contributed by atoms with Gasteiger partial charge in [0.2, 0.25) is 5.91 Å². The van der Waals surface area contributed by atoms with E-state index >= 15 is 0 Å². The van der Waals surface area contributed by atoms with Gasteiger partial charge in [-0.1, -0.05) is 23.9 Å². The molecule has 0 radical (unpaired) electrons. The summed E-state index contributed by atoms with van der Waals surface area (Å²) < 4.78 is 7.96. The van der Waals surface area contributed by atoms with Crippen molar-refractivity contribution in [1.82, 2.24) is 14.8 Å². The first kappa shape index (κ1) is 21.4. The summed E-state index contributed by atoms with van der Waals surface area (Å²) in [4.78, 5) is 12.4. The SMILES string of the molecule is Cc1cccc(NC(=O)CSc2nnc(-c3ccc(OC4CCCC4)cc3)n2C)c1C. The van der Waals surface area contributed by atoms with E-state index < -0.39 is 0 Å². The Bertz CT molecular complexity index is 1060. The van der Waals surface area contributed by atoms with Gasteiger partial charge in [-0.25, -0.2) is 0 Å². The lowest BCUT2D eigenvalue weighted by atomic mass is 10.1. The molecule has 2 aromatic carbocycles. The summed E-state index contributed by atoms with van der Waals surface area (Å²) in [6.07, 6.45) is 5.14. The van der Waals surface area contributed by atoms with Crippen LogP contribution in [-0.2, 0) is 11.8 Å². The lowest BCUT2D eigenvalue weighted by molar-refractivity contribution is -0.113. The zero-order valence-corrected chi connectivity index (χ0v) is 19.0. The number of amides is 1. The Morgan fingerprint density at radius 2 is 1.87 bits per heavy atom. The van der Waals surface area contributed by atoms with E-state index in [4.69, 9.17) is 4.74 Å². The van der Waals surface area contributed by atoms with Gasteiger partial charge in [0.05, 0.1) is 11.9 Å². The highest BCUT2D eigenvalue weighted by Crippen LogP contribution is 2.28. The minimum Gasteiger partial charge on any atom is -0.490 e. The number of thioether (sulfide) groups is 1. The van der Waals surface area contributed by atoms with Crippen LogP contribution in [0.25, 0.3) is 11.4 Å². The van der Waals surface area contributed by atoms with Crippen LogP contribution >= 0.6 is 11.8 Å². The van der Waals surface area contributed by atoms with E-state index in [0.717, 1.165) is 46.8 Å². The second-order valence-corrected chi connectivity index (χ2v) is 8.94. The van der Waals surface area contributed by atoms with Crippen molar-refractivity contribution in [1.29, 1.82) is 0 Å². The maximum absolute atomic E-state index is 12.4. The molecule has 162 valence electrons.